The molecule has 2 aromatic carbocycles. The number of hydrogen-bond donors (Lipinski definition) is 0. The topological polar surface area (TPSA) is 62.4 Å². The fourth-order valence-corrected chi connectivity index (χ4v) is 2.27. The molecule has 0 bridgehead atoms. The van der Waals surface area contributed by atoms with Gasteiger partial charge < -0.3 is 4.74 Å². The Kier molecular flexibility index (Phi) is 7.40. The fourth-order valence-electron chi connectivity index (χ4n) is 2.27. The maximum absolute atomic E-state index is 11.7. The van der Waals surface area contributed by atoms with E-state index in [2.05, 4.69) is 18.0 Å². The van der Waals surface area contributed by atoms with Gasteiger partial charge in [0.25, 0.3) is 0 Å². The van der Waals surface area contributed by atoms with Crippen molar-refractivity contribution in [3.8, 4) is 11.8 Å². The zero-order valence-corrected chi connectivity index (χ0v) is 14.4. The molecule has 0 aliphatic rings. The van der Waals surface area contributed by atoms with Crippen LogP contribution in [-0.4, -0.2) is 12.2 Å². The van der Waals surface area contributed by atoms with E-state index in [4.69, 9.17) is 10.00 Å². The van der Waals surface area contributed by atoms with Crippen molar-refractivity contribution < 1.29 is 9.53 Å². The minimum atomic E-state index is -0.190. The molecule has 2 rings (SSSR count). The van der Waals surface area contributed by atoms with Gasteiger partial charge in [0, 0.05) is 12.6 Å². The van der Waals surface area contributed by atoms with Crippen LogP contribution < -0.4 is 4.74 Å². The summed E-state index contributed by atoms with van der Waals surface area (Å²) in [6.07, 6.45) is 6.43. The second-order valence-electron chi connectivity index (χ2n) is 5.77. The number of carbonyl (C=O) groups excluding carboxylic acids is 1. The van der Waals surface area contributed by atoms with Crippen molar-refractivity contribution in [3.63, 3.8) is 0 Å². The summed E-state index contributed by atoms with van der Waals surface area (Å²) in [5.41, 5.74) is 2.31. The molecule has 0 saturated heterocycles. The van der Waals surface area contributed by atoms with Crippen LogP contribution in [0, 0.1) is 11.3 Å². The fraction of sp³-hybridized carbons (Fsp3) is 0.286. The Labute approximate surface area is 148 Å². The maximum Gasteiger partial charge on any atom is 0.311 e. The summed E-state index contributed by atoms with van der Waals surface area (Å²) in [5.74, 6) is 0.350. The van der Waals surface area contributed by atoms with Crippen molar-refractivity contribution in [1.82, 2.24) is 0 Å². The lowest BCUT2D eigenvalue weighted by atomic mass is 10.1. The van der Waals surface area contributed by atoms with Gasteiger partial charge in [0.2, 0.25) is 0 Å². The Morgan fingerprint density at radius 2 is 1.80 bits per heavy atom. The van der Waals surface area contributed by atoms with Gasteiger partial charge in [0.15, 0.2) is 0 Å². The molecule has 0 unspecified atom stereocenters. The average Bonchev–Trinajstić information content (AvgIpc) is 2.65. The van der Waals surface area contributed by atoms with Gasteiger partial charge in [0.1, 0.15) is 5.75 Å². The van der Waals surface area contributed by atoms with Crippen LogP contribution in [0.2, 0.25) is 0 Å². The van der Waals surface area contributed by atoms with Crippen molar-refractivity contribution in [2.75, 3.05) is 0 Å². The third-order valence-electron chi connectivity index (χ3n) is 3.71. The third kappa shape index (κ3) is 6.60. The molecule has 0 heterocycles. The molecule has 0 radical (unpaired) electrons. The molecule has 0 saturated carbocycles. The van der Waals surface area contributed by atoms with Crippen molar-refractivity contribution >= 4 is 17.9 Å². The van der Waals surface area contributed by atoms with E-state index in [0.29, 0.717) is 17.7 Å². The normalized spacial score (nSPS) is 10.6. The highest BCUT2D eigenvalue weighted by atomic mass is 16.5. The van der Waals surface area contributed by atoms with Crippen LogP contribution in [0.3, 0.4) is 0 Å². The van der Waals surface area contributed by atoms with Crippen molar-refractivity contribution in [1.29, 1.82) is 5.26 Å². The van der Waals surface area contributed by atoms with Gasteiger partial charge in [-0.1, -0.05) is 38.3 Å². The van der Waals surface area contributed by atoms with Crippen LogP contribution >= 0.6 is 0 Å². The first kappa shape index (κ1) is 18.4. The van der Waals surface area contributed by atoms with E-state index in [1.807, 2.05) is 12.1 Å². The lowest BCUT2D eigenvalue weighted by Crippen LogP contribution is -2.07. The van der Waals surface area contributed by atoms with Crippen LogP contribution in [-0.2, 0) is 4.79 Å². The summed E-state index contributed by atoms with van der Waals surface area (Å²) < 4.78 is 5.32. The number of unbranched alkanes of at least 4 members (excludes halogenated alkanes) is 3. The van der Waals surface area contributed by atoms with E-state index in [-0.39, 0.29) is 5.97 Å². The van der Waals surface area contributed by atoms with Gasteiger partial charge in [-0.3, -0.25) is 9.79 Å². The standard InChI is InChI=1S/C21H22N2O2/c1-2-3-4-5-6-21(24)25-20-13-11-19(12-14-20)23-16-18-9-7-17(15-22)8-10-18/h7-14,16H,2-6H2,1H3. The van der Waals surface area contributed by atoms with Gasteiger partial charge in [-0.15, -0.1) is 0 Å². The molecule has 0 fully saturated rings. The number of nitriles is 1. The molecule has 0 aliphatic heterocycles. The maximum atomic E-state index is 11.7. The number of aliphatic imine (C=N–C) groups is 1. The van der Waals surface area contributed by atoms with E-state index in [9.17, 15) is 4.79 Å². The molecule has 0 aromatic heterocycles. The SMILES string of the molecule is CCCCCCC(=O)Oc1ccc(N=Cc2ccc(C#N)cc2)cc1. The van der Waals surface area contributed by atoms with Crippen molar-refractivity contribution in [3.05, 3.63) is 59.7 Å². The van der Waals surface area contributed by atoms with Gasteiger partial charge in [-0.2, -0.15) is 5.26 Å². The molecule has 0 spiro atoms. The number of hydrogen-bond acceptors (Lipinski definition) is 4. The number of ether oxygens (including phenoxy) is 1. The van der Waals surface area contributed by atoms with Crippen LogP contribution in [0.15, 0.2) is 53.5 Å². The molecule has 0 N–H and O–H groups in total. The highest BCUT2D eigenvalue weighted by Gasteiger charge is 2.04. The first-order chi connectivity index (χ1) is 12.2. The zero-order valence-electron chi connectivity index (χ0n) is 14.4. The minimum absolute atomic E-state index is 0.190. The minimum Gasteiger partial charge on any atom is -0.427 e. The van der Waals surface area contributed by atoms with Crippen molar-refractivity contribution in [2.45, 2.75) is 39.0 Å². The lowest BCUT2D eigenvalue weighted by molar-refractivity contribution is -0.134. The molecule has 4 heteroatoms. The summed E-state index contributed by atoms with van der Waals surface area (Å²) in [6.45, 7) is 2.14. The molecule has 4 nitrogen and oxygen atoms in total. The molecule has 128 valence electrons. The molecule has 0 atom stereocenters. The molecule has 2 aromatic rings. The third-order valence-corrected chi connectivity index (χ3v) is 3.71. The Hall–Kier alpha value is -2.93. The number of nitrogens with zero attached hydrogens (tertiary/aromatic N) is 2. The van der Waals surface area contributed by atoms with Crippen molar-refractivity contribution in [2.24, 2.45) is 4.99 Å². The van der Waals surface area contributed by atoms with Crippen LogP contribution in [0.25, 0.3) is 0 Å². The monoisotopic (exact) mass is 334 g/mol. The second-order valence-corrected chi connectivity index (χ2v) is 5.77. The van der Waals surface area contributed by atoms with E-state index < -0.39 is 0 Å². The number of benzene rings is 2. The van der Waals surface area contributed by atoms with Crippen LogP contribution in [0.4, 0.5) is 5.69 Å². The number of carbonyl (C=O) groups is 1. The summed E-state index contributed by atoms with van der Waals surface area (Å²) in [4.78, 5) is 16.1. The first-order valence-electron chi connectivity index (χ1n) is 8.56. The molecule has 0 amide bonds. The lowest BCUT2D eigenvalue weighted by Gasteiger charge is -2.04. The molecule has 0 aliphatic carbocycles. The van der Waals surface area contributed by atoms with E-state index in [1.54, 1.807) is 42.6 Å². The summed E-state index contributed by atoms with van der Waals surface area (Å²) in [5, 5.41) is 8.78. The quantitative estimate of drug-likeness (QED) is 0.289. The average molecular weight is 334 g/mol. The smallest absolute Gasteiger partial charge is 0.311 e. The second kappa shape index (κ2) is 10.0. The number of esters is 1. The van der Waals surface area contributed by atoms with Gasteiger partial charge in [-0.25, -0.2) is 0 Å². The summed E-state index contributed by atoms with van der Waals surface area (Å²) in [7, 11) is 0. The van der Waals surface area contributed by atoms with Crippen LogP contribution in [0.1, 0.15) is 50.2 Å². The molecule has 25 heavy (non-hydrogen) atoms. The predicted octanol–water partition coefficient (Wildman–Crippen LogP) is 5.18. The van der Waals surface area contributed by atoms with E-state index >= 15 is 0 Å². The largest absolute Gasteiger partial charge is 0.427 e. The van der Waals surface area contributed by atoms with Gasteiger partial charge >= 0.3 is 5.97 Å². The van der Waals surface area contributed by atoms with Crippen LogP contribution in [0.5, 0.6) is 5.75 Å². The zero-order chi connectivity index (χ0) is 17.9. The highest BCUT2D eigenvalue weighted by molar-refractivity contribution is 5.82. The molecular weight excluding hydrogens is 312 g/mol. The Morgan fingerprint density at radius 1 is 1.08 bits per heavy atom. The Morgan fingerprint density at radius 3 is 2.44 bits per heavy atom. The number of rotatable bonds is 8. The first-order valence-corrected chi connectivity index (χ1v) is 8.56. The highest BCUT2D eigenvalue weighted by Crippen LogP contribution is 2.19. The summed E-state index contributed by atoms with van der Waals surface area (Å²) in [6, 6.07) is 16.4. The Bertz CT molecular complexity index is 741. The molecular formula is C21H22N2O2. The van der Waals surface area contributed by atoms with Gasteiger partial charge in [0.05, 0.1) is 17.3 Å². The van der Waals surface area contributed by atoms with Gasteiger partial charge in [-0.05, 0) is 48.4 Å². The van der Waals surface area contributed by atoms with E-state index in [0.717, 1.165) is 36.9 Å². The predicted molar refractivity (Wildman–Crippen MR) is 99.2 cm³/mol. The summed E-state index contributed by atoms with van der Waals surface area (Å²) >= 11 is 0. The Balaban J connectivity index is 1.85. The van der Waals surface area contributed by atoms with E-state index in [1.165, 1.54) is 0 Å².